The van der Waals surface area contributed by atoms with Gasteiger partial charge in [0, 0.05) is 13.1 Å². The molecule has 1 atom stereocenters. The fraction of sp³-hybridized carbons (Fsp3) is 0.235. The largest absolute Gasteiger partial charge is 0.508 e. The summed E-state index contributed by atoms with van der Waals surface area (Å²) in [5.41, 5.74) is 2.28. The lowest BCUT2D eigenvalue weighted by Crippen LogP contribution is -2.27. The highest BCUT2D eigenvalue weighted by atomic mass is 16.3. The molecule has 0 saturated carbocycles. The quantitative estimate of drug-likeness (QED) is 0.723. The number of aliphatic hydroxyl groups excluding tert-OH is 1. The second-order valence-corrected chi connectivity index (χ2v) is 4.79. The van der Waals surface area contributed by atoms with E-state index in [0.29, 0.717) is 13.0 Å². The van der Waals surface area contributed by atoms with E-state index < -0.39 is 6.10 Å². The average Bonchev–Trinajstić information content (AvgIpc) is 2.48. The van der Waals surface area contributed by atoms with Crippen molar-refractivity contribution in [2.75, 3.05) is 6.54 Å². The molecule has 0 aliphatic carbocycles. The zero-order chi connectivity index (χ0) is 14.2. The van der Waals surface area contributed by atoms with Crippen molar-refractivity contribution in [3.05, 3.63) is 72.1 Å². The minimum atomic E-state index is -0.479. The first kappa shape index (κ1) is 14.6. The maximum atomic E-state index is 9.88. The first-order valence-corrected chi connectivity index (χ1v) is 6.78. The van der Waals surface area contributed by atoms with Crippen LogP contribution in [0.3, 0.4) is 0 Å². The van der Waals surface area contributed by atoms with Gasteiger partial charge in [-0.25, -0.2) is 0 Å². The molecule has 0 aliphatic rings. The van der Waals surface area contributed by atoms with Crippen molar-refractivity contribution in [2.45, 2.75) is 19.1 Å². The highest BCUT2D eigenvalue weighted by Gasteiger charge is 2.05. The molecule has 0 spiro atoms. The van der Waals surface area contributed by atoms with E-state index in [1.807, 2.05) is 36.8 Å². The van der Waals surface area contributed by atoms with E-state index in [9.17, 15) is 10.2 Å². The summed E-state index contributed by atoms with van der Waals surface area (Å²) >= 11 is 0. The SMILES string of the molecule is Oc1ccc(C[CH][C@@H](O)CNCc2ccccc2)cc1. The molecule has 2 rings (SSSR count). The van der Waals surface area contributed by atoms with Gasteiger partial charge in [-0.15, -0.1) is 0 Å². The summed E-state index contributed by atoms with van der Waals surface area (Å²) in [5, 5.41) is 22.3. The first-order chi connectivity index (χ1) is 9.74. The van der Waals surface area contributed by atoms with Crippen molar-refractivity contribution in [3.8, 4) is 5.75 Å². The van der Waals surface area contributed by atoms with Crippen LogP contribution >= 0.6 is 0 Å². The number of hydrogen-bond acceptors (Lipinski definition) is 3. The van der Waals surface area contributed by atoms with Crippen LogP contribution in [0.1, 0.15) is 11.1 Å². The fourth-order valence-electron chi connectivity index (χ4n) is 1.95. The van der Waals surface area contributed by atoms with Crippen LogP contribution in [0.5, 0.6) is 5.75 Å². The Kier molecular flexibility index (Phi) is 5.59. The zero-order valence-corrected chi connectivity index (χ0v) is 11.4. The number of rotatable bonds is 7. The molecule has 0 aromatic heterocycles. The van der Waals surface area contributed by atoms with Gasteiger partial charge in [-0.05, 0) is 36.1 Å². The molecule has 0 fully saturated rings. The molecule has 3 N–H and O–H groups in total. The molecule has 2 aromatic rings. The van der Waals surface area contributed by atoms with Crippen LogP contribution in [0.25, 0.3) is 0 Å². The van der Waals surface area contributed by atoms with Crippen LogP contribution in [-0.4, -0.2) is 22.9 Å². The third kappa shape index (κ3) is 5.03. The maximum absolute atomic E-state index is 9.88. The molecular formula is C17H20NO2. The fourth-order valence-corrected chi connectivity index (χ4v) is 1.95. The molecule has 0 heterocycles. The summed E-state index contributed by atoms with van der Waals surface area (Å²) in [4.78, 5) is 0. The maximum Gasteiger partial charge on any atom is 0.115 e. The van der Waals surface area contributed by atoms with Crippen LogP contribution in [-0.2, 0) is 13.0 Å². The second-order valence-electron chi connectivity index (χ2n) is 4.79. The molecule has 0 bridgehead atoms. The normalized spacial score (nSPS) is 12.2. The van der Waals surface area contributed by atoms with Gasteiger partial charge in [0.25, 0.3) is 0 Å². The lowest BCUT2D eigenvalue weighted by atomic mass is 10.1. The van der Waals surface area contributed by atoms with Crippen molar-refractivity contribution in [3.63, 3.8) is 0 Å². The number of benzene rings is 2. The Morgan fingerprint density at radius 3 is 2.35 bits per heavy atom. The number of phenolic OH excluding ortho intramolecular Hbond substituents is 1. The minimum absolute atomic E-state index is 0.263. The summed E-state index contributed by atoms with van der Waals surface area (Å²) in [6.45, 7) is 1.29. The Morgan fingerprint density at radius 2 is 1.65 bits per heavy atom. The molecule has 0 aliphatic heterocycles. The summed E-state index contributed by atoms with van der Waals surface area (Å²) in [6, 6.07) is 17.1. The van der Waals surface area contributed by atoms with Gasteiger partial charge < -0.3 is 15.5 Å². The summed E-state index contributed by atoms with van der Waals surface area (Å²) in [7, 11) is 0. The van der Waals surface area contributed by atoms with Crippen LogP contribution < -0.4 is 5.32 Å². The van der Waals surface area contributed by atoms with E-state index in [1.165, 1.54) is 5.56 Å². The van der Waals surface area contributed by atoms with Gasteiger partial charge in [0.1, 0.15) is 5.75 Å². The molecule has 105 valence electrons. The number of aliphatic hydroxyl groups is 1. The lowest BCUT2D eigenvalue weighted by Gasteiger charge is -2.11. The van der Waals surface area contributed by atoms with Gasteiger partial charge in [0.05, 0.1) is 6.10 Å². The molecular weight excluding hydrogens is 250 g/mol. The number of hydrogen-bond donors (Lipinski definition) is 3. The molecule has 20 heavy (non-hydrogen) atoms. The summed E-state index contributed by atoms with van der Waals surface area (Å²) in [6.07, 6.45) is 2.08. The van der Waals surface area contributed by atoms with Crippen molar-refractivity contribution in [1.29, 1.82) is 0 Å². The lowest BCUT2D eigenvalue weighted by molar-refractivity contribution is 0.200. The third-order valence-corrected chi connectivity index (χ3v) is 3.09. The van der Waals surface area contributed by atoms with Crippen LogP contribution in [0.4, 0.5) is 0 Å². The van der Waals surface area contributed by atoms with E-state index in [1.54, 1.807) is 12.1 Å². The second kappa shape index (κ2) is 7.68. The molecule has 0 unspecified atom stereocenters. The zero-order valence-electron chi connectivity index (χ0n) is 11.4. The van der Waals surface area contributed by atoms with Crippen molar-refractivity contribution < 1.29 is 10.2 Å². The smallest absolute Gasteiger partial charge is 0.115 e. The highest BCUT2D eigenvalue weighted by Crippen LogP contribution is 2.11. The van der Waals surface area contributed by atoms with Crippen molar-refractivity contribution >= 4 is 0 Å². The van der Waals surface area contributed by atoms with Gasteiger partial charge in [-0.2, -0.15) is 0 Å². The molecule has 3 nitrogen and oxygen atoms in total. The Bertz CT molecular complexity index is 496. The van der Waals surface area contributed by atoms with Crippen molar-refractivity contribution in [1.82, 2.24) is 5.32 Å². The van der Waals surface area contributed by atoms with E-state index >= 15 is 0 Å². The molecule has 2 aromatic carbocycles. The first-order valence-electron chi connectivity index (χ1n) is 6.78. The monoisotopic (exact) mass is 270 g/mol. The van der Waals surface area contributed by atoms with Gasteiger partial charge in [-0.3, -0.25) is 0 Å². The topological polar surface area (TPSA) is 52.5 Å². The molecule has 1 radical (unpaired) electrons. The third-order valence-electron chi connectivity index (χ3n) is 3.09. The summed E-state index contributed by atoms with van der Waals surface area (Å²) < 4.78 is 0. The molecule has 3 heteroatoms. The van der Waals surface area contributed by atoms with E-state index in [-0.39, 0.29) is 5.75 Å². The number of phenols is 1. The van der Waals surface area contributed by atoms with Crippen LogP contribution in [0.15, 0.2) is 54.6 Å². The van der Waals surface area contributed by atoms with E-state index in [0.717, 1.165) is 12.1 Å². The Morgan fingerprint density at radius 1 is 0.950 bits per heavy atom. The highest BCUT2D eigenvalue weighted by molar-refractivity contribution is 5.26. The Labute approximate surface area is 119 Å². The van der Waals surface area contributed by atoms with Gasteiger partial charge in [0.15, 0.2) is 0 Å². The number of nitrogens with one attached hydrogen (secondary N) is 1. The predicted octanol–water partition coefficient (Wildman–Crippen LogP) is 2.29. The van der Waals surface area contributed by atoms with E-state index in [2.05, 4.69) is 17.4 Å². The van der Waals surface area contributed by atoms with Crippen molar-refractivity contribution in [2.24, 2.45) is 0 Å². The van der Waals surface area contributed by atoms with Crippen LogP contribution in [0.2, 0.25) is 0 Å². The predicted molar refractivity (Wildman–Crippen MR) is 80.3 cm³/mol. The van der Waals surface area contributed by atoms with E-state index in [4.69, 9.17) is 0 Å². The summed E-state index contributed by atoms with van der Waals surface area (Å²) in [5.74, 6) is 0.263. The van der Waals surface area contributed by atoms with Crippen LogP contribution in [0, 0.1) is 6.42 Å². The average molecular weight is 270 g/mol. The Balaban J connectivity index is 1.65. The molecule has 0 saturated heterocycles. The van der Waals surface area contributed by atoms with Gasteiger partial charge in [0.2, 0.25) is 0 Å². The standard InChI is InChI=1S/C17H20NO2/c19-16-9-6-14(7-10-16)8-11-17(20)13-18-12-15-4-2-1-3-5-15/h1-7,9-11,17-20H,8,12-13H2/t17-/m1/s1. The molecule has 0 amide bonds. The Hall–Kier alpha value is -1.84. The van der Waals surface area contributed by atoms with Gasteiger partial charge >= 0.3 is 0 Å². The minimum Gasteiger partial charge on any atom is -0.508 e. The number of aromatic hydroxyl groups is 1. The van der Waals surface area contributed by atoms with Gasteiger partial charge in [-0.1, -0.05) is 42.5 Å².